The lowest BCUT2D eigenvalue weighted by Crippen LogP contribution is -2.30. The third-order valence-electron chi connectivity index (χ3n) is 10.7. The van der Waals surface area contributed by atoms with Gasteiger partial charge in [-0.1, -0.05) is 175 Å². The van der Waals surface area contributed by atoms with Crippen molar-refractivity contribution in [3.8, 4) is 0 Å². The van der Waals surface area contributed by atoms with Gasteiger partial charge in [-0.25, -0.2) is 4.57 Å². The van der Waals surface area contributed by atoms with Crippen LogP contribution in [-0.2, 0) is 42.2 Å². The zero-order valence-electron chi connectivity index (χ0n) is 43.7. The van der Waals surface area contributed by atoms with Crippen molar-refractivity contribution in [3.63, 3.8) is 0 Å². The molecule has 0 saturated heterocycles. The van der Waals surface area contributed by atoms with E-state index >= 15 is 0 Å². The summed E-state index contributed by atoms with van der Waals surface area (Å²) in [5.41, 5.74) is 0. The maximum absolute atomic E-state index is 12.9. The largest absolute Gasteiger partial charge is 0.472 e. The third-order valence-corrected chi connectivity index (χ3v) is 11.6. The molecule has 0 amide bonds. The van der Waals surface area contributed by atoms with Gasteiger partial charge in [0.1, 0.15) is 12.7 Å². The number of phosphoric acid groups is 1. The number of unbranched alkanes of at least 4 members (excludes halogenated alkanes) is 13. The van der Waals surface area contributed by atoms with E-state index in [4.69, 9.17) is 23.3 Å². The number of carbonyl (C=O) groups excluding carboxylic acids is 3. The maximum Gasteiger partial charge on any atom is 0.472 e. The van der Waals surface area contributed by atoms with Crippen molar-refractivity contribution in [2.75, 3.05) is 26.4 Å². The highest BCUT2D eigenvalue weighted by molar-refractivity contribution is 7.47. The van der Waals surface area contributed by atoms with Gasteiger partial charge in [0.25, 0.3) is 0 Å². The highest BCUT2D eigenvalue weighted by Gasteiger charge is 2.28. The van der Waals surface area contributed by atoms with Crippen molar-refractivity contribution < 1.29 is 52.2 Å². The van der Waals surface area contributed by atoms with Crippen LogP contribution in [-0.4, -0.2) is 66.5 Å². The molecule has 0 rings (SSSR count). The molecule has 0 heterocycles. The fraction of sp³-hybridized carbons (Fsp3) is 0.638. The first-order valence-corrected chi connectivity index (χ1v) is 28.3. The molecular weight excluding hydrogens is 904 g/mol. The molecule has 70 heavy (non-hydrogen) atoms. The molecule has 398 valence electrons. The molecule has 11 nitrogen and oxygen atoms in total. The molecule has 0 spiro atoms. The van der Waals surface area contributed by atoms with E-state index in [0.29, 0.717) is 19.3 Å². The fourth-order valence-electron chi connectivity index (χ4n) is 6.69. The van der Waals surface area contributed by atoms with Crippen LogP contribution in [0.25, 0.3) is 0 Å². The molecular formula is C58H95O11P. The zero-order chi connectivity index (χ0) is 51.3. The first-order valence-electron chi connectivity index (χ1n) is 26.8. The molecule has 2 N–H and O–H groups in total. The van der Waals surface area contributed by atoms with Crippen LogP contribution >= 0.6 is 7.82 Å². The smallest absolute Gasteiger partial charge is 0.462 e. The Balaban J connectivity index is 4.81. The second-order valence-electron chi connectivity index (χ2n) is 17.2. The molecule has 0 saturated carbocycles. The molecule has 0 aliphatic carbocycles. The van der Waals surface area contributed by atoms with Crippen LogP contribution in [0.2, 0.25) is 0 Å². The number of rotatable bonds is 48. The number of aliphatic hydroxyl groups excluding tert-OH is 1. The average Bonchev–Trinajstić information content (AvgIpc) is 3.35. The molecule has 0 aromatic rings. The van der Waals surface area contributed by atoms with E-state index in [-0.39, 0.29) is 25.9 Å². The van der Waals surface area contributed by atoms with Crippen molar-refractivity contribution in [2.45, 2.75) is 213 Å². The summed E-state index contributed by atoms with van der Waals surface area (Å²) in [7, 11) is -4.77. The Morgan fingerprint density at radius 3 is 1.09 bits per heavy atom. The van der Waals surface area contributed by atoms with Gasteiger partial charge >= 0.3 is 25.7 Å². The highest BCUT2D eigenvalue weighted by atomic mass is 31.2. The van der Waals surface area contributed by atoms with E-state index in [2.05, 4.69) is 130 Å². The Hall–Kier alpha value is -3.86. The summed E-state index contributed by atoms with van der Waals surface area (Å²) in [6, 6.07) is 0. The van der Waals surface area contributed by atoms with Crippen molar-refractivity contribution in [1.82, 2.24) is 0 Å². The van der Waals surface area contributed by atoms with Gasteiger partial charge in [0.2, 0.25) is 0 Å². The van der Waals surface area contributed by atoms with Crippen LogP contribution in [0.15, 0.2) is 109 Å². The lowest BCUT2D eigenvalue weighted by atomic mass is 10.1. The minimum atomic E-state index is -4.77. The monoisotopic (exact) mass is 999 g/mol. The molecule has 12 heteroatoms. The molecule has 0 bridgehead atoms. The summed E-state index contributed by atoms with van der Waals surface area (Å²) in [4.78, 5) is 48.4. The third kappa shape index (κ3) is 49.1. The molecule has 0 aromatic carbocycles. The van der Waals surface area contributed by atoms with Crippen LogP contribution in [0.5, 0.6) is 0 Å². The number of hydrogen-bond donors (Lipinski definition) is 2. The van der Waals surface area contributed by atoms with Crippen LogP contribution in [0, 0.1) is 0 Å². The van der Waals surface area contributed by atoms with E-state index in [0.717, 1.165) is 128 Å². The molecule has 0 radical (unpaired) electrons. The van der Waals surface area contributed by atoms with Gasteiger partial charge in [0, 0.05) is 19.3 Å². The summed E-state index contributed by atoms with van der Waals surface area (Å²) < 4.78 is 39.3. The van der Waals surface area contributed by atoms with Crippen LogP contribution < -0.4 is 0 Å². The van der Waals surface area contributed by atoms with Crippen molar-refractivity contribution in [1.29, 1.82) is 0 Å². The molecule has 0 fully saturated rings. The van der Waals surface area contributed by atoms with Crippen LogP contribution in [0.4, 0.5) is 0 Å². The van der Waals surface area contributed by atoms with E-state index < -0.39 is 57.8 Å². The summed E-state index contributed by atoms with van der Waals surface area (Å²) >= 11 is 0. The zero-order valence-corrected chi connectivity index (χ0v) is 44.6. The maximum atomic E-state index is 12.9. The summed E-state index contributed by atoms with van der Waals surface area (Å²) in [6.45, 7) is 4.20. The Bertz CT molecular complexity index is 1590. The van der Waals surface area contributed by atoms with Gasteiger partial charge in [-0.15, -0.1) is 0 Å². The lowest BCUT2D eigenvalue weighted by molar-refractivity contribution is -0.161. The highest BCUT2D eigenvalue weighted by Crippen LogP contribution is 2.43. The van der Waals surface area contributed by atoms with Gasteiger partial charge in [-0.05, 0) is 116 Å². The number of hydrogen-bond acceptors (Lipinski definition) is 10. The number of aliphatic hydroxyl groups is 1. The van der Waals surface area contributed by atoms with Gasteiger partial charge in [0.05, 0.1) is 19.8 Å². The topological polar surface area (TPSA) is 155 Å². The predicted octanol–water partition coefficient (Wildman–Crippen LogP) is 15.5. The normalized spacial score (nSPS) is 14.3. The van der Waals surface area contributed by atoms with E-state index in [1.807, 2.05) is 0 Å². The average molecular weight is 999 g/mol. The van der Waals surface area contributed by atoms with Crippen LogP contribution in [0.3, 0.4) is 0 Å². The van der Waals surface area contributed by atoms with Crippen molar-refractivity contribution in [2.24, 2.45) is 0 Å². The Kier molecular flexibility index (Phi) is 48.7. The number of phosphoric ester groups is 1. The first-order chi connectivity index (χ1) is 34.2. The predicted molar refractivity (Wildman–Crippen MR) is 288 cm³/mol. The minimum absolute atomic E-state index is 0.122. The molecule has 0 aliphatic rings. The lowest BCUT2D eigenvalue weighted by Gasteiger charge is -2.21. The molecule has 0 aliphatic heterocycles. The van der Waals surface area contributed by atoms with E-state index in [1.165, 1.54) is 12.8 Å². The second-order valence-corrected chi connectivity index (χ2v) is 18.7. The molecule has 3 atom stereocenters. The van der Waals surface area contributed by atoms with Gasteiger partial charge < -0.3 is 24.2 Å². The Labute approximate surface area is 425 Å². The molecule has 3 unspecified atom stereocenters. The number of allylic oxidation sites excluding steroid dienone is 18. The van der Waals surface area contributed by atoms with Gasteiger partial charge in [-0.3, -0.25) is 23.4 Å². The summed E-state index contributed by atoms with van der Waals surface area (Å²) in [5, 5.41) is 9.78. The summed E-state index contributed by atoms with van der Waals surface area (Å²) in [5.74, 6) is -1.56. The van der Waals surface area contributed by atoms with E-state index in [9.17, 15) is 28.9 Å². The molecule has 0 aromatic heterocycles. The Morgan fingerprint density at radius 1 is 0.400 bits per heavy atom. The van der Waals surface area contributed by atoms with Gasteiger partial charge in [-0.2, -0.15) is 0 Å². The fourth-order valence-corrected chi connectivity index (χ4v) is 7.48. The Morgan fingerprint density at radius 2 is 0.700 bits per heavy atom. The number of esters is 3. The number of ether oxygens (including phenoxy) is 3. The van der Waals surface area contributed by atoms with E-state index in [1.54, 1.807) is 0 Å². The minimum Gasteiger partial charge on any atom is -0.462 e. The van der Waals surface area contributed by atoms with Crippen molar-refractivity contribution in [3.05, 3.63) is 109 Å². The van der Waals surface area contributed by atoms with Crippen LogP contribution in [0.1, 0.15) is 201 Å². The second kappa shape index (κ2) is 51.5. The quantitative estimate of drug-likeness (QED) is 0.0197. The first kappa shape index (κ1) is 66.1. The van der Waals surface area contributed by atoms with Crippen molar-refractivity contribution >= 4 is 25.7 Å². The standard InChI is InChI=1S/C58H95O11P/c1-4-7-10-13-16-19-22-25-26-27-28-31-32-35-38-41-44-47-56(60)65-51-55(69-58(62)49-46-43-40-37-34-30-24-21-18-15-12-9-6-3)53-67-70(63,64)66-52-54(50-59)68-57(61)48-45-42-39-36-33-29-23-20-17-14-11-8-5-2/h7-12,16-21,25-26,29-30,33-34,54-55,59H,4-6,13-15,22-24,27-28,31-32,35-53H2,1-3H3,(H,63,64)/b10-7-,11-8-,12-9-,19-16-,20-17-,21-18-,26-25-,33-29-,34-30-. The SMILES string of the molecule is CC/C=C\C/C=C\C/C=C\CCCCCCCCCC(=O)OCC(COP(=O)(O)OCC(CO)OC(=O)CCCCC/C=C\C/C=C\C/C=C\CC)OC(=O)CCCCC/C=C\C/C=C\C/C=C\CC. The summed E-state index contributed by atoms with van der Waals surface area (Å²) in [6.07, 6.45) is 60.6. The number of carbonyl (C=O) groups is 3. The van der Waals surface area contributed by atoms with Gasteiger partial charge in [0.15, 0.2) is 6.10 Å².